The van der Waals surface area contributed by atoms with Crippen molar-refractivity contribution < 1.29 is 19.5 Å². The summed E-state index contributed by atoms with van der Waals surface area (Å²) in [5, 5.41) is 36.4. The molecular formula is C22H20N6O5. The fourth-order valence-corrected chi connectivity index (χ4v) is 3.88. The van der Waals surface area contributed by atoms with E-state index in [-0.39, 0.29) is 23.1 Å². The van der Waals surface area contributed by atoms with E-state index in [2.05, 4.69) is 16.2 Å². The molecule has 3 N–H and O–H groups in total. The van der Waals surface area contributed by atoms with Gasteiger partial charge in [-0.1, -0.05) is 19.4 Å². The zero-order valence-electron chi connectivity index (χ0n) is 17.8. The molecule has 33 heavy (non-hydrogen) atoms. The number of fused-ring (bicyclic) bond motifs is 1. The minimum Gasteiger partial charge on any atom is -0.500 e. The van der Waals surface area contributed by atoms with Crippen molar-refractivity contribution in [1.29, 1.82) is 5.26 Å². The van der Waals surface area contributed by atoms with E-state index < -0.39 is 22.3 Å². The average molecular weight is 448 g/mol. The first kappa shape index (κ1) is 21.6. The van der Waals surface area contributed by atoms with Crippen molar-refractivity contribution in [2.75, 3.05) is 7.11 Å². The SMILES string of the molecule is CCCc1nn(-c2ccccn2)c2c1C(c1cc(OC)c(O)c([N+](=O)[O-])c1)C(C#N)=C(N)O2. The second kappa shape index (κ2) is 8.51. The number of hydrogen-bond donors (Lipinski definition) is 2. The number of hydrogen-bond acceptors (Lipinski definition) is 9. The van der Waals surface area contributed by atoms with E-state index in [4.69, 9.17) is 15.2 Å². The maximum Gasteiger partial charge on any atom is 0.314 e. The lowest BCUT2D eigenvalue weighted by Crippen LogP contribution is -2.22. The van der Waals surface area contributed by atoms with Crippen LogP contribution in [0, 0.1) is 21.4 Å². The summed E-state index contributed by atoms with van der Waals surface area (Å²) in [4.78, 5) is 15.2. The molecule has 0 saturated carbocycles. The molecule has 0 saturated heterocycles. The maximum atomic E-state index is 11.6. The maximum absolute atomic E-state index is 11.6. The van der Waals surface area contributed by atoms with Crippen LogP contribution in [0.4, 0.5) is 5.69 Å². The number of nitro benzene ring substituents is 1. The van der Waals surface area contributed by atoms with Gasteiger partial charge in [0.2, 0.25) is 17.5 Å². The summed E-state index contributed by atoms with van der Waals surface area (Å²) in [5.41, 5.74) is 7.16. The van der Waals surface area contributed by atoms with Crippen LogP contribution in [-0.4, -0.2) is 31.9 Å². The van der Waals surface area contributed by atoms with Gasteiger partial charge in [-0.3, -0.25) is 10.1 Å². The lowest BCUT2D eigenvalue weighted by atomic mass is 9.83. The second-order valence-corrected chi connectivity index (χ2v) is 7.29. The zero-order valence-corrected chi connectivity index (χ0v) is 17.8. The van der Waals surface area contributed by atoms with E-state index in [1.165, 1.54) is 23.9 Å². The Hall–Kier alpha value is -4.59. The number of phenolic OH excluding ortho intramolecular Hbond substituents is 1. The third-order valence-corrected chi connectivity index (χ3v) is 5.30. The van der Waals surface area contributed by atoms with E-state index in [0.717, 1.165) is 6.42 Å². The minimum atomic E-state index is -0.828. The van der Waals surface area contributed by atoms with Gasteiger partial charge in [0.25, 0.3) is 0 Å². The molecule has 0 spiro atoms. The van der Waals surface area contributed by atoms with Crippen LogP contribution >= 0.6 is 0 Å². The summed E-state index contributed by atoms with van der Waals surface area (Å²) in [5.74, 6) is -0.925. The third kappa shape index (κ3) is 3.57. The summed E-state index contributed by atoms with van der Waals surface area (Å²) in [6.07, 6.45) is 2.91. The van der Waals surface area contributed by atoms with Crippen molar-refractivity contribution in [3.05, 3.63) is 74.9 Å². The fraction of sp³-hybridized carbons (Fsp3) is 0.227. The van der Waals surface area contributed by atoms with Crippen molar-refractivity contribution in [3.63, 3.8) is 0 Å². The number of methoxy groups -OCH3 is 1. The average Bonchev–Trinajstić information content (AvgIpc) is 3.16. The number of benzene rings is 1. The second-order valence-electron chi connectivity index (χ2n) is 7.29. The van der Waals surface area contributed by atoms with E-state index in [9.17, 15) is 20.5 Å². The Morgan fingerprint density at radius 3 is 2.82 bits per heavy atom. The number of phenols is 1. The Labute approximate surface area is 188 Å². The van der Waals surface area contributed by atoms with Crippen molar-refractivity contribution in [3.8, 4) is 29.3 Å². The molecule has 1 aromatic carbocycles. The molecular weight excluding hydrogens is 428 g/mol. The predicted molar refractivity (Wildman–Crippen MR) is 116 cm³/mol. The highest BCUT2D eigenvalue weighted by atomic mass is 16.6. The molecule has 1 unspecified atom stereocenters. The number of aromatic nitrogens is 3. The van der Waals surface area contributed by atoms with E-state index in [0.29, 0.717) is 29.1 Å². The highest BCUT2D eigenvalue weighted by Gasteiger charge is 2.38. The third-order valence-electron chi connectivity index (χ3n) is 5.30. The van der Waals surface area contributed by atoms with Gasteiger partial charge in [-0.25, -0.2) is 4.98 Å². The van der Waals surface area contributed by atoms with Gasteiger partial charge in [-0.05, 0) is 30.2 Å². The van der Waals surface area contributed by atoms with Crippen LogP contribution in [0.25, 0.3) is 5.82 Å². The monoisotopic (exact) mass is 448 g/mol. The van der Waals surface area contributed by atoms with Gasteiger partial charge in [-0.15, -0.1) is 0 Å². The fourth-order valence-electron chi connectivity index (χ4n) is 3.88. The highest BCUT2D eigenvalue weighted by Crippen LogP contribution is 2.48. The standard InChI is InChI=1S/C22H20N6O5/c1-3-6-14-19-18(12-9-15(28(30)31)20(29)16(10-12)32-2)13(11-23)21(24)33-22(19)27(26-14)17-7-4-5-8-25-17/h4-5,7-10,18,29H,3,6,24H2,1-2H3. The molecule has 11 nitrogen and oxygen atoms in total. The van der Waals surface area contributed by atoms with E-state index in [1.807, 2.05) is 6.92 Å². The van der Waals surface area contributed by atoms with Gasteiger partial charge in [0.1, 0.15) is 11.6 Å². The molecule has 0 radical (unpaired) electrons. The molecule has 3 aromatic rings. The molecule has 1 aliphatic rings. The Morgan fingerprint density at radius 2 is 2.21 bits per heavy atom. The molecule has 3 heterocycles. The topological polar surface area (TPSA) is 162 Å². The number of pyridine rings is 1. The molecule has 0 bridgehead atoms. The van der Waals surface area contributed by atoms with Gasteiger partial charge in [0.15, 0.2) is 11.6 Å². The summed E-state index contributed by atoms with van der Waals surface area (Å²) < 4.78 is 12.5. The molecule has 0 aliphatic carbocycles. The number of ether oxygens (including phenoxy) is 2. The molecule has 4 rings (SSSR count). The van der Waals surface area contributed by atoms with Crippen LogP contribution < -0.4 is 15.2 Å². The van der Waals surface area contributed by atoms with Crippen molar-refractivity contribution in [2.45, 2.75) is 25.7 Å². The molecule has 1 aliphatic heterocycles. The van der Waals surface area contributed by atoms with Crippen molar-refractivity contribution in [1.82, 2.24) is 14.8 Å². The van der Waals surface area contributed by atoms with Crippen LogP contribution in [-0.2, 0) is 6.42 Å². The number of aryl methyl sites for hydroxylation is 1. The molecule has 0 amide bonds. The summed E-state index contributed by atoms with van der Waals surface area (Å²) >= 11 is 0. The zero-order chi connectivity index (χ0) is 23.7. The number of allylic oxidation sites excluding steroid dienone is 1. The number of rotatable bonds is 6. The Morgan fingerprint density at radius 1 is 1.42 bits per heavy atom. The van der Waals surface area contributed by atoms with E-state index >= 15 is 0 Å². The summed E-state index contributed by atoms with van der Waals surface area (Å²) in [6, 6.07) is 10.0. The van der Waals surface area contributed by atoms with Crippen LogP contribution in [0.1, 0.15) is 36.1 Å². The quantitative estimate of drug-likeness (QED) is 0.426. The van der Waals surface area contributed by atoms with Crippen LogP contribution in [0.2, 0.25) is 0 Å². The van der Waals surface area contributed by atoms with Gasteiger partial charge in [0, 0.05) is 12.3 Å². The number of nitriles is 1. The minimum absolute atomic E-state index is 0.0717. The molecule has 2 aromatic heterocycles. The van der Waals surface area contributed by atoms with Crippen LogP contribution in [0.3, 0.4) is 0 Å². The highest BCUT2D eigenvalue weighted by molar-refractivity contribution is 5.63. The first-order valence-electron chi connectivity index (χ1n) is 10.1. The number of nitrogens with zero attached hydrogens (tertiary/aromatic N) is 5. The lowest BCUT2D eigenvalue weighted by molar-refractivity contribution is -0.386. The van der Waals surface area contributed by atoms with Gasteiger partial charge >= 0.3 is 5.69 Å². The molecule has 0 fully saturated rings. The Bertz CT molecular complexity index is 1310. The van der Waals surface area contributed by atoms with Gasteiger partial charge in [-0.2, -0.15) is 15.0 Å². The smallest absolute Gasteiger partial charge is 0.314 e. The Balaban J connectivity index is 2.03. The number of nitrogens with two attached hydrogens (primary N) is 1. The first-order chi connectivity index (χ1) is 15.9. The van der Waals surface area contributed by atoms with Crippen LogP contribution in [0.15, 0.2) is 48.0 Å². The van der Waals surface area contributed by atoms with Crippen LogP contribution in [0.5, 0.6) is 17.4 Å². The van der Waals surface area contributed by atoms with E-state index in [1.54, 1.807) is 24.4 Å². The molecule has 168 valence electrons. The predicted octanol–water partition coefficient (Wildman–Crippen LogP) is 3.06. The number of aromatic hydroxyl groups is 1. The molecule has 1 atom stereocenters. The first-order valence-corrected chi connectivity index (χ1v) is 10.1. The molecule has 11 heteroatoms. The van der Waals surface area contributed by atoms with Crippen molar-refractivity contribution in [2.24, 2.45) is 5.73 Å². The van der Waals surface area contributed by atoms with Gasteiger partial charge in [0.05, 0.1) is 29.2 Å². The van der Waals surface area contributed by atoms with Gasteiger partial charge < -0.3 is 20.3 Å². The largest absolute Gasteiger partial charge is 0.500 e. The summed E-state index contributed by atoms with van der Waals surface area (Å²) in [6.45, 7) is 1.98. The normalized spacial score (nSPS) is 14.9. The summed E-state index contributed by atoms with van der Waals surface area (Å²) in [7, 11) is 1.29. The lowest BCUT2D eigenvalue weighted by Gasteiger charge is -2.25. The Kier molecular flexibility index (Phi) is 5.58. The van der Waals surface area contributed by atoms with Crippen molar-refractivity contribution >= 4 is 5.69 Å². The number of nitro groups is 1.